The van der Waals surface area contributed by atoms with E-state index < -0.39 is 16.8 Å². The van der Waals surface area contributed by atoms with Crippen LogP contribution in [0.3, 0.4) is 0 Å². The highest BCUT2D eigenvalue weighted by atomic mass is 19.1. The number of hydrogen-bond acceptors (Lipinski definition) is 5. The molecule has 110 valence electrons. The molecule has 2 rings (SSSR count). The summed E-state index contributed by atoms with van der Waals surface area (Å²) < 4.78 is 13.3. The predicted molar refractivity (Wildman–Crippen MR) is 74.9 cm³/mol. The number of phenols is 2. The van der Waals surface area contributed by atoms with Crippen molar-refractivity contribution in [3.05, 3.63) is 57.9 Å². The Labute approximate surface area is 119 Å². The summed E-state index contributed by atoms with van der Waals surface area (Å²) in [7, 11) is 0. The van der Waals surface area contributed by atoms with Crippen molar-refractivity contribution in [3.63, 3.8) is 0 Å². The van der Waals surface area contributed by atoms with Gasteiger partial charge in [-0.3, -0.25) is 10.1 Å². The molecule has 7 heteroatoms. The van der Waals surface area contributed by atoms with Crippen LogP contribution in [0.2, 0.25) is 0 Å². The molecule has 0 bridgehead atoms. The number of phenolic OH excluding ortho intramolecular Hbond substituents is 2. The van der Waals surface area contributed by atoms with E-state index in [1.165, 1.54) is 12.1 Å². The van der Waals surface area contributed by atoms with E-state index in [4.69, 9.17) is 0 Å². The Kier molecular flexibility index (Phi) is 3.93. The molecule has 0 fully saturated rings. The minimum absolute atomic E-state index is 0.0139. The molecule has 1 unspecified atom stereocenters. The smallest absolute Gasteiger partial charge is 0.292 e. The SMILES string of the molecule is CC(Nc1cc(F)ccc1[N+](=O)[O-])c1ccc(O)cc1O. The van der Waals surface area contributed by atoms with E-state index in [-0.39, 0.29) is 22.9 Å². The van der Waals surface area contributed by atoms with Crippen molar-refractivity contribution in [3.8, 4) is 11.5 Å². The number of hydrogen-bond donors (Lipinski definition) is 3. The Bertz CT molecular complexity index is 691. The van der Waals surface area contributed by atoms with Crippen molar-refractivity contribution in [1.82, 2.24) is 0 Å². The molecule has 0 saturated heterocycles. The lowest BCUT2D eigenvalue weighted by Crippen LogP contribution is -2.09. The van der Waals surface area contributed by atoms with Crippen molar-refractivity contribution >= 4 is 11.4 Å². The molecule has 21 heavy (non-hydrogen) atoms. The van der Waals surface area contributed by atoms with Crippen molar-refractivity contribution in [2.24, 2.45) is 0 Å². The van der Waals surface area contributed by atoms with Gasteiger partial charge in [0.2, 0.25) is 0 Å². The molecule has 2 aromatic rings. The molecule has 3 N–H and O–H groups in total. The van der Waals surface area contributed by atoms with Crippen LogP contribution in [0.15, 0.2) is 36.4 Å². The highest BCUT2D eigenvalue weighted by molar-refractivity contribution is 5.62. The third-order valence-corrected chi connectivity index (χ3v) is 3.01. The summed E-state index contributed by atoms with van der Waals surface area (Å²) in [6.45, 7) is 1.65. The predicted octanol–water partition coefficient (Wildman–Crippen LogP) is 3.32. The van der Waals surface area contributed by atoms with Crippen LogP contribution in [0.4, 0.5) is 15.8 Å². The number of halogens is 1. The first-order valence-corrected chi connectivity index (χ1v) is 6.11. The molecule has 6 nitrogen and oxygen atoms in total. The van der Waals surface area contributed by atoms with Gasteiger partial charge in [-0.2, -0.15) is 0 Å². The summed E-state index contributed by atoms with van der Waals surface area (Å²) in [4.78, 5) is 10.3. The standard InChI is InChI=1S/C14H13FN2O4/c1-8(11-4-3-10(18)7-14(11)19)16-12-6-9(15)2-5-13(12)17(20)21/h2-8,16,18-19H,1H3. The maximum atomic E-state index is 13.3. The topological polar surface area (TPSA) is 95.6 Å². The number of anilines is 1. The molecular formula is C14H13FN2O4. The van der Waals surface area contributed by atoms with Crippen molar-refractivity contribution in [1.29, 1.82) is 0 Å². The van der Waals surface area contributed by atoms with Gasteiger partial charge in [0.15, 0.2) is 0 Å². The minimum atomic E-state index is -0.620. The summed E-state index contributed by atoms with van der Waals surface area (Å²) in [5, 5.41) is 32.7. The van der Waals surface area contributed by atoms with E-state index in [9.17, 15) is 24.7 Å². The molecule has 0 saturated carbocycles. The highest BCUT2D eigenvalue weighted by Crippen LogP contribution is 2.33. The average Bonchev–Trinajstić information content (AvgIpc) is 2.37. The van der Waals surface area contributed by atoms with Gasteiger partial charge < -0.3 is 15.5 Å². The lowest BCUT2D eigenvalue weighted by atomic mass is 10.1. The lowest BCUT2D eigenvalue weighted by Gasteiger charge is -2.17. The summed E-state index contributed by atoms with van der Waals surface area (Å²) in [6.07, 6.45) is 0. The summed E-state index contributed by atoms with van der Waals surface area (Å²) in [5.41, 5.74) is 0.174. The first-order chi connectivity index (χ1) is 9.88. The third-order valence-electron chi connectivity index (χ3n) is 3.01. The van der Waals surface area contributed by atoms with E-state index in [0.717, 1.165) is 24.3 Å². The van der Waals surface area contributed by atoms with Gasteiger partial charge in [0.1, 0.15) is 23.0 Å². The van der Waals surface area contributed by atoms with E-state index in [2.05, 4.69) is 5.32 Å². The van der Waals surface area contributed by atoms with Crippen molar-refractivity contribution in [2.45, 2.75) is 13.0 Å². The van der Waals surface area contributed by atoms with Gasteiger partial charge in [-0.25, -0.2) is 4.39 Å². The maximum absolute atomic E-state index is 13.3. The first kappa shape index (κ1) is 14.6. The molecule has 1 atom stereocenters. The Morgan fingerprint density at radius 2 is 1.95 bits per heavy atom. The Hall–Kier alpha value is -2.83. The summed E-state index contributed by atoms with van der Waals surface area (Å²) >= 11 is 0. The van der Waals surface area contributed by atoms with Gasteiger partial charge in [0.25, 0.3) is 5.69 Å². The molecule has 0 aromatic heterocycles. The maximum Gasteiger partial charge on any atom is 0.292 e. The van der Waals surface area contributed by atoms with E-state index in [1.807, 2.05) is 0 Å². The van der Waals surface area contributed by atoms with Crippen molar-refractivity contribution in [2.75, 3.05) is 5.32 Å². The molecule has 0 radical (unpaired) electrons. The Balaban J connectivity index is 2.33. The number of rotatable bonds is 4. The monoisotopic (exact) mass is 292 g/mol. The fourth-order valence-electron chi connectivity index (χ4n) is 1.99. The second-order valence-corrected chi connectivity index (χ2v) is 4.53. The number of benzene rings is 2. The quantitative estimate of drug-likeness (QED) is 0.593. The van der Waals surface area contributed by atoms with Crippen LogP contribution < -0.4 is 5.32 Å². The van der Waals surface area contributed by atoms with E-state index in [1.54, 1.807) is 6.92 Å². The molecule has 2 aromatic carbocycles. The number of nitrogens with zero attached hydrogens (tertiary/aromatic N) is 1. The van der Waals surface area contributed by atoms with Gasteiger partial charge in [-0.05, 0) is 25.1 Å². The largest absolute Gasteiger partial charge is 0.508 e. The van der Waals surface area contributed by atoms with Crippen LogP contribution in [-0.2, 0) is 0 Å². The van der Waals surface area contributed by atoms with Gasteiger partial charge in [-0.1, -0.05) is 0 Å². The molecule has 0 aliphatic rings. The first-order valence-electron chi connectivity index (χ1n) is 6.11. The molecule has 0 spiro atoms. The van der Waals surface area contributed by atoms with Crippen LogP contribution >= 0.6 is 0 Å². The minimum Gasteiger partial charge on any atom is -0.508 e. The normalized spacial score (nSPS) is 11.9. The number of nitro groups is 1. The van der Waals surface area contributed by atoms with Crippen LogP contribution in [0.25, 0.3) is 0 Å². The second kappa shape index (κ2) is 5.66. The Morgan fingerprint density at radius 3 is 2.57 bits per heavy atom. The van der Waals surface area contributed by atoms with Crippen molar-refractivity contribution < 1.29 is 19.5 Å². The Morgan fingerprint density at radius 1 is 1.24 bits per heavy atom. The zero-order chi connectivity index (χ0) is 15.6. The lowest BCUT2D eigenvalue weighted by molar-refractivity contribution is -0.384. The van der Waals surface area contributed by atoms with Gasteiger partial charge in [-0.15, -0.1) is 0 Å². The third kappa shape index (κ3) is 3.19. The summed E-state index contributed by atoms with van der Waals surface area (Å²) in [5.74, 6) is -0.862. The summed E-state index contributed by atoms with van der Waals surface area (Å²) in [6, 6.07) is 6.60. The highest BCUT2D eigenvalue weighted by Gasteiger charge is 2.18. The number of nitrogens with one attached hydrogen (secondary N) is 1. The number of aromatic hydroxyl groups is 2. The fraction of sp³-hybridized carbons (Fsp3) is 0.143. The molecule has 0 aliphatic carbocycles. The molecule has 0 heterocycles. The van der Waals surface area contributed by atoms with Crippen LogP contribution in [0.5, 0.6) is 11.5 Å². The van der Waals surface area contributed by atoms with Crippen LogP contribution in [-0.4, -0.2) is 15.1 Å². The molecular weight excluding hydrogens is 279 g/mol. The van der Waals surface area contributed by atoms with Crippen LogP contribution in [0.1, 0.15) is 18.5 Å². The average molecular weight is 292 g/mol. The zero-order valence-electron chi connectivity index (χ0n) is 11.1. The van der Waals surface area contributed by atoms with Crippen LogP contribution in [0, 0.1) is 15.9 Å². The zero-order valence-corrected chi connectivity index (χ0v) is 11.1. The second-order valence-electron chi connectivity index (χ2n) is 4.53. The van der Waals surface area contributed by atoms with E-state index >= 15 is 0 Å². The molecule has 0 amide bonds. The fourth-order valence-corrected chi connectivity index (χ4v) is 1.99. The van der Waals surface area contributed by atoms with E-state index in [0.29, 0.717) is 5.56 Å². The number of nitro benzene ring substituents is 1. The van der Waals surface area contributed by atoms with Gasteiger partial charge >= 0.3 is 0 Å². The molecule has 0 aliphatic heterocycles. The van der Waals surface area contributed by atoms with Gasteiger partial charge in [0.05, 0.1) is 11.0 Å². The van der Waals surface area contributed by atoms with Gasteiger partial charge in [0, 0.05) is 23.8 Å².